The highest BCUT2D eigenvalue weighted by atomic mass is 35.5. The lowest BCUT2D eigenvalue weighted by molar-refractivity contribution is -0.109. The molecule has 1 aromatic rings. The molecule has 3 nitrogen and oxygen atoms in total. The van der Waals surface area contributed by atoms with Crippen molar-refractivity contribution in [3.63, 3.8) is 0 Å². The lowest BCUT2D eigenvalue weighted by Crippen LogP contribution is -2.11. The third kappa shape index (κ3) is 4.22. The van der Waals surface area contributed by atoms with Crippen LogP contribution in [-0.4, -0.2) is 11.3 Å². The highest BCUT2D eigenvalue weighted by molar-refractivity contribution is 5.85. The maximum atomic E-state index is 10.2. The van der Waals surface area contributed by atoms with Crippen LogP contribution in [0.1, 0.15) is 17.3 Å². The molecule has 0 aliphatic heterocycles. The zero-order valence-corrected chi connectivity index (χ0v) is 8.77. The summed E-state index contributed by atoms with van der Waals surface area (Å²) >= 11 is 0. The van der Waals surface area contributed by atoms with Gasteiger partial charge in [-0.3, -0.25) is 4.98 Å². The maximum Gasteiger partial charge on any atom is 0.141 e. The van der Waals surface area contributed by atoms with Crippen molar-refractivity contribution >= 4 is 31.1 Å². The van der Waals surface area contributed by atoms with E-state index in [2.05, 4.69) is 4.98 Å². The van der Waals surface area contributed by atoms with Crippen molar-refractivity contribution in [2.24, 2.45) is 5.73 Å². The number of rotatable bonds is 2. The van der Waals surface area contributed by atoms with Gasteiger partial charge in [0, 0.05) is 11.9 Å². The van der Waals surface area contributed by atoms with Crippen LogP contribution in [0.2, 0.25) is 0 Å². The first-order valence-corrected chi connectivity index (χ1v) is 3.37. The van der Waals surface area contributed by atoms with Gasteiger partial charge in [-0.25, -0.2) is 0 Å². The number of nitrogens with zero attached hydrogens (tertiary/aromatic N) is 1. The Morgan fingerprint density at radius 2 is 2.08 bits per heavy atom. The van der Waals surface area contributed by atoms with E-state index < -0.39 is 6.04 Å². The van der Waals surface area contributed by atoms with Crippen LogP contribution in [0.25, 0.3) is 0 Å². The fourth-order valence-corrected chi connectivity index (χ4v) is 0.755. The molecular weight excluding hydrogens is 211 g/mol. The van der Waals surface area contributed by atoms with E-state index in [-0.39, 0.29) is 24.8 Å². The predicted octanol–water partition coefficient (Wildman–Crippen LogP) is 1.43. The van der Waals surface area contributed by atoms with E-state index in [1.807, 2.05) is 13.0 Å². The summed E-state index contributed by atoms with van der Waals surface area (Å²) in [5.74, 6) is 0. The smallest absolute Gasteiger partial charge is 0.141 e. The molecule has 0 bridgehead atoms. The van der Waals surface area contributed by atoms with Gasteiger partial charge in [-0.05, 0) is 18.6 Å². The van der Waals surface area contributed by atoms with Gasteiger partial charge in [-0.1, -0.05) is 6.07 Å². The van der Waals surface area contributed by atoms with Gasteiger partial charge in [0.2, 0.25) is 0 Å². The molecule has 0 radical (unpaired) electrons. The van der Waals surface area contributed by atoms with Crippen LogP contribution in [0, 0.1) is 6.92 Å². The molecule has 0 aliphatic carbocycles. The van der Waals surface area contributed by atoms with Crippen LogP contribution < -0.4 is 5.73 Å². The molecule has 1 unspecified atom stereocenters. The minimum Gasteiger partial charge on any atom is -0.318 e. The summed E-state index contributed by atoms with van der Waals surface area (Å²) < 4.78 is 0. The Labute approximate surface area is 89.6 Å². The molecule has 0 spiro atoms. The van der Waals surface area contributed by atoms with Gasteiger partial charge in [0.15, 0.2) is 0 Å². The number of halogens is 2. The fourth-order valence-electron chi connectivity index (χ4n) is 0.755. The summed E-state index contributed by atoms with van der Waals surface area (Å²) in [6, 6.07) is 3.10. The molecule has 1 atom stereocenters. The second-order valence-corrected chi connectivity index (χ2v) is 2.39. The SMILES string of the molecule is Cc1ccc(C(N)C=O)cn1.Cl.Cl. The molecule has 0 fully saturated rings. The number of hydrogen-bond donors (Lipinski definition) is 1. The number of carbonyl (C=O) groups is 1. The van der Waals surface area contributed by atoms with Crippen LogP contribution in [0.3, 0.4) is 0 Å². The average Bonchev–Trinajstić information content (AvgIpc) is 2.05. The Hall–Kier alpha value is -0.640. The van der Waals surface area contributed by atoms with Gasteiger partial charge in [0.05, 0.1) is 6.04 Å². The number of nitrogens with two attached hydrogens (primary N) is 1. The Morgan fingerprint density at radius 3 is 2.46 bits per heavy atom. The van der Waals surface area contributed by atoms with Crippen molar-refractivity contribution in [3.8, 4) is 0 Å². The highest BCUT2D eigenvalue weighted by Crippen LogP contribution is 2.05. The summed E-state index contributed by atoms with van der Waals surface area (Å²) in [5.41, 5.74) is 7.11. The van der Waals surface area contributed by atoms with E-state index in [0.29, 0.717) is 6.29 Å². The minimum absolute atomic E-state index is 0. The van der Waals surface area contributed by atoms with Gasteiger partial charge >= 0.3 is 0 Å². The van der Waals surface area contributed by atoms with Crippen LogP contribution in [0.15, 0.2) is 18.3 Å². The number of aryl methyl sites for hydroxylation is 1. The second kappa shape index (κ2) is 6.83. The van der Waals surface area contributed by atoms with Crippen molar-refractivity contribution in [1.29, 1.82) is 0 Å². The molecule has 0 aliphatic rings. The van der Waals surface area contributed by atoms with E-state index in [1.54, 1.807) is 12.3 Å². The van der Waals surface area contributed by atoms with Gasteiger partial charge in [0.25, 0.3) is 0 Å². The summed E-state index contributed by atoms with van der Waals surface area (Å²) in [4.78, 5) is 14.2. The molecule has 74 valence electrons. The molecule has 1 heterocycles. The van der Waals surface area contributed by atoms with Gasteiger partial charge in [-0.15, -0.1) is 24.8 Å². The third-order valence-electron chi connectivity index (χ3n) is 1.47. The Kier molecular flexibility index (Phi) is 7.81. The summed E-state index contributed by atoms with van der Waals surface area (Å²) in [6.45, 7) is 1.89. The molecule has 0 saturated carbocycles. The standard InChI is InChI=1S/C8H10N2O.2ClH/c1-6-2-3-7(4-10-6)8(9)5-11;;/h2-5,8H,9H2,1H3;2*1H. The molecule has 2 N–H and O–H groups in total. The van der Waals surface area contributed by atoms with E-state index in [4.69, 9.17) is 5.73 Å². The first-order valence-electron chi connectivity index (χ1n) is 3.37. The Balaban J connectivity index is 0. The van der Waals surface area contributed by atoms with Gasteiger partial charge in [0.1, 0.15) is 6.29 Å². The zero-order chi connectivity index (χ0) is 8.27. The van der Waals surface area contributed by atoms with E-state index in [9.17, 15) is 4.79 Å². The molecule has 5 heteroatoms. The quantitative estimate of drug-likeness (QED) is 0.771. The molecule has 1 rings (SSSR count). The van der Waals surface area contributed by atoms with Gasteiger partial charge in [-0.2, -0.15) is 0 Å². The Morgan fingerprint density at radius 1 is 1.46 bits per heavy atom. The van der Waals surface area contributed by atoms with Crippen molar-refractivity contribution in [2.45, 2.75) is 13.0 Å². The normalized spacial score (nSPS) is 10.6. The molecule has 0 amide bonds. The molecule has 0 aromatic carbocycles. The first kappa shape index (κ1) is 14.9. The fraction of sp³-hybridized carbons (Fsp3) is 0.250. The summed E-state index contributed by atoms with van der Waals surface area (Å²) in [7, 11) is 0. The van der Waals surface area contributed by atoms with Crippen LogP contribution >= 0.6 is 24.8 Å². The first-order chi connectivity index (χ1) is 5.24. The van der Waals surface area contributed by atoms with Gasteiger partial charge < -0.3 is 10.5 Å². The van der Waals surface area contributed by atoms with Crippen molar-refractivity contribution < 1.29 is 4.79 Å². The third-order valence-corrected chi connectivity index (χ3v) is 1.47. The Bertz CT molecular complexity index is 251. The van der Waals surface area contributed by atoms with Crippen LogP contribution in [-0.2, 0) is 4.79 Å². The average molecular weight is 223 g/mol. The predicted molar refractivity (Wildman–Crippen MR) is 56.5 cm³/mol. The number of hydrogen-bond acceptors (Lipinski definition) is 3. The highest BCUT2D eigenvalue weighted by Gasteiger charge is 2.02. The molecule has 13 heavy (non-hydrogen) atoms. The monoisotopic (exact) mass is 222 g/mol. The van der Waals surface area contributed by atoms with Crippen molar-refractivity contribution in [2.75, 3.05) is 0 Å². The van der Waals surface area contributed by atoms with Crippen LogP contribution in [0.5, 0.6) is 0 Å². The minimum atomic E-state index is -0.539. The largest absolute Gasteiger partial charge is 0.318 e. The maximum absolute atomic E-state index is 10.2. The second-order valence-electron chi connectivity index (χ2n) is 2.39. The summed E-state index contributed by atoms with van der Waals surface area (Å²) in [5, 5.41) is 0. The summed E-state index contributed by atoms with van der Waals surface area (Å²) in [6.07, 6.45) is 2.32. The van der Waals surface area contributed by atoms with E-state index in [0.717, 1.165) is 11.3 Å². The lowest BCUT2D eigenvalue weighted by atomic mass is 10.1. The number of aldehydes is 1. The topological polar surface area (TPSA) is 56.0 Å². The van der Waals surface area contributed by atoms with E-state index in [1.165, 1.54) is 0 Å². The van der Waals surface area contributed by atoms with Crippen molar-refractivity contribution in [3.05, 3.63) is 29.6 Å². The van der Waals surface area contributed by atoms with E-state index >= 15 is 0 Å². The number of aromatic nitrogens is 1. The molecular formula is C8H12Cl2N2O. The number of pyridine rings is 1. The molecule has 0 saturated heterocycles. The van der Waals surface area contributed by atoms with Crippen molar-refractivity contribution in [1.82, 2.24) is 4.98 Å². The zero-order valence-electron chi connectivity index (χ0n) is 7.14. The lowest BCUT2D eigenvalue weighted by Gasteiger charge is -2.02. The molecule has 1 aromatic heterocycles. The van der Waals surface area contributed by atoms with Crippen LogP contribution in [0.4, 0.5) is 0 Å². The number of carbonyl (C=O) groups excluding carboxylic acids is 1.